The molecular weight excluding hydrogens is 374 g/mol. The van der Waals surface area contributed by atoms with E-state index >= 15 is 0 Å². The first-order chi connectivity index (χ1) is 11.5. The van der Waals surface area contributed by atoms with Crippen LogP contribution in [0.4, 0.5) is 16.6 Å². The lowest BCUT2D eigenvalue weighted by molar-refractivity contribution is 0.200. The number of aromatic nitrogens is 2. The van der Waals surface area contributed by atoms with Crippen LogP contribution in [0.25, 0.3) is 0 Å². The molecule has 1 aromatic heterocycles. The number of hydrogen-bond acceptors (Lipinski definition) is 5. The average molecular weight is 392 g/mol. The van der Waals surface area contributed by atoms with Crippen molar-refractivity contribution in [3.8, 4) is 5.75 Å². The molecule has 0 radical (unpaired) electrons. The van der Waals surface area contributed by atoms with Crippen LogP contribution in [0.15, 0.2) is 34.9 Å². The SMILES string of the molecule is CN(C)c1ccnc(NC(=O)N2CCOc3cc(Br)ccc3C2)n1. The molecule has 0 bridgehead atoms. The number of nitrogens with one attached hydrogen (secondary N) is 1. The van der Waals surface area contributed by atoms with Crippen molar-refractivity contribution in [3.05, 3.63) is 40.5 Å². The molecular formula is C16H18BrN5O2. The Labute approximate surface area is 148 Å². The third-order valence-electron chi connectivity index (χ3n) is 3.61. The first kappa shape index (κ1) is 16.5. The summed E-state index contributed by atoms with van der Waals surface area (Å²) in [7, 11) is 3.77. The van der Waals surface area contributed by atoms with Gasteiger partial charge in [-0.05, 0) is 18.2 Å². The van der Waals surface area contributed by atoms with Crippen LogP contribution in [0, 0.1) is 0 Å². The molecule has 2 heterocycles. The van der Waals surface area contributed by atoms with E-state index in [1.54, 1.807) is 17.2 Å². The van der Waals surface area contributed by atoms with Crippen molar-refractivity contribution in [1.82, 2.24) is 14.9 Å². The maximum absolute atomic E-state index is 12.5. The van der Waals surface area contributed by atoms with Crippen molar-refractivity contribution in [1.29, 1.82) is 0 Å². The molecule has 0 saturated heterocycles. The minimum absolute atomic E-state index is 0.245. The number of carbonyl (C=O) groups is 1. The van der Waals surface area contributed by atoms with E-state index in [1.165, 1.54) is 0 Å². The van der Waals surface area contributed by atoms with Crippen LogP contribution in [0.5, 0.6) is 5.75 Å². The number of fused-ring (bicyclic) bond motifs is 1. The number of amides is 2. The number of nitrogens with zero attached hydrogens (tertiary/aromatic N) is 4. The lowest BCUT2D eigenvalue weighted by Crippen LogP contribution is -2.36. The van der Waals surface area contributed by atoms with E-state index in [-0.39, 0.29) is 12.0 Å². The van der Waals surface area contributed by atoms with Gasteiger partial charge in [0.15, 0.2) is 0 Å². The molecule has 0 aliphatic carbocycles. The maximum atomic E-state index is 12.5. The molecule has 2 aromatic rings. The Morgan fingerprint density at radius 3 is 3.00 bits per heavy atom. The third kappa shape index (κ3) is 3.76. The number of anilines is 2. The zero-order chi connectivity index (χ0) is 17.1. The Hall–Kier alpha value is -2.35. The Morgan fingerprint density at radius 2 is 2.21 bits per heavy atom. The Kier molecular flexibility index (Phi) is 4.84. The van der Waals surface area contributed by atoms with E-state index in [1.807, 2.05) is 37.2 Å². The van der Waals surface area contributed by atoms with Crippen molar-refractivity contribution in [2.75, 3.05) is 37.5 Å². The van der Waals surface area contributed by atoms with Gasteiger partial charge in [-0.2, -0.15) is 4.98 Å². The van der Waals surface area contributed by atoms with Crippen molar-refractivity contribution < 1.29 is 9.53 Å². The van der Waals surface area contributed by atoms with Crippen LogP contribution < -0.4 is 15.0 Å². The predicted molar refractivity (Wildman–Crippen MR) is 95.4 cm³/mol. The van der Waals surface area contributed by atoms with Crippen LogP contribution in [0.1, 0.15) is 5.56 Å². The fraction of sp³-hybridized carbons (Fsp3) is 0.312. The smallest absolute Gasteiger partial charge is 0.324 e. The molecule has 0 unspecified atom stereocenters. The van der Waals surface area contributed by atoms with E-state index < -0.39 is 0 Å². The molecule has 0 fully saturated rings. The van der Waals surface area contributed by atoms with E-state index in [4.69, 9.17) is 4.74 Å². The van der Waals surface area contributed by atoms with Crippen molar-refractivity contribution in [2.24, 2.45) is 0 Å². The second-order valence-electron chi connectivity index (χ2n) is 5.59. The molecule has 126 valence electrons. The summed E-state index contributed by atoms with van der Waals surface area (Å²) in [6.45, 7) is 1.41. The first-order valence-corrected chi connectivity index (χ1v) is 8.30. The predicted octanol–water partition coefficient (Wildman–Crippen LogP) is 2.73. The minimum atomic E-state index is -0.245. The summed E-state index contributed by atoms with van der Waals surface area (Å²) in [6, 6.07) is 7.34. The number of carbonyl (C=O) groups excluding carboxylic acids is 1. The van der Waals surface area contributed by atoms with Gasteiger partial charge in [0.2, 0.25) is 5.95 Å². The zero-order valence-corrected chi connectivity index (χ0v) is 15.1. The topological polar surface area (TPSA) is 70.6 Å². The van der Waals surface area contributed by atoms with E-state index in [0.717, 1.165) is 21.6 Å². The fourth-order valence-corrected chi connectivity index (χ4v) is 2.69. The number of halogens is 1. The molecule has 1 N–H and O–H groups in total. The Balaban J connectivity index is 1.73. The average Bonchev–Trinajstić information content (AvgIpc) is 2.77. The molecule has 0 saturated carbocycles. The lowest BCUT2D eigenvalue weighted by Gasteiger charge is -2.20. The third-order valence-corrected chi connectivity index (χ3v) is 4.11. The van der Waals surface area contributed by atoms with Gasteiger partial charge in [-0.3, -0.25) is 5.32 Å². The molecule has 7 nitrogen and oxygen atoms in total. The first-order valence-electron chi connectivity index (χ1n) is 7.50. The number of hydrogen-bond donors (Lipinski definition) is 1. The van der Waals surface area contributed by atoms with Crippen LogP contribution in [-0.4, -0.2) is 48.1 Å². The highest BCUT2D eigenvalue weighted by molar-refractivity contribution is 9.10. The summed E-state index contributed by atoms with van der Waals surface area (Å²) >= 11 is 3.43. The Morgan fingerprint density at radius 1 is 1.38 bits per heavy atom. The van der Waals surface area contributed by atoms with Gasteiger partial charge >= 0.3 is 6.03 Å². The van der Waals surface area contributed by atoms with Crippen LogP contribution in [-0.2, 0) is 6.54 Å². The molecule has 3 rings (SSSR count). The summed E-state index contributed by atoms with van der Waals surface area (Å²) in [6.07, 6.45) is 1.62. The van der Waals surface area contributed by atoms with Gasteiger partial charge in [-0.1, -0.05) is 22.0 Å². The van der Waals surface area contributed by atoms with Gasteiger partial charge in [-0.25, -0.2) is 9.78 Å². The highest BCUT2D eigenvalue weighted by Crippen LogP contribution is 2.27. The second-order valence-corrected chi connectivity index (χ2v) is 6.50. The largest absolute Gasteiger partial charge is 0.491 e. The van der Waals surface area contributed by atoms with E-state index in [0.29, 0.717) is 19.7 Å². The van der Waals surface area contributed by atoms with Crippen LogP contribution in [0.2, 0.25) is 0 Å². The van der Waals surface area contributed by atoms with Crippen molar-refractivity contribution in [3.63, 3.8) is 0 Å². The van der Waals surface area contributed by atoms with Gasteiger partial charge in [0.25, 0.3) is 0 Å². The van der Waals surface area contributed by atoms with Crippen molar-refractivity contribution in [2.45, 2.75) is 6.54 Å². The molecule has 1 aliphatic rings. The highest BCUT2D eigenvalue weighted by Gasteiger charge is 2.20. The molecule has 0 spiro atoms. The van der Waals surface area contributed by atoms with Gasteiger partial charge in [0.05, 0.1) is 13.1 Å². The molecule has 8 heteroatoms. The van der Waals surface area contributed by atoms with E-state index in [9.17, 15) is 4.79 Å². The van der Waals surface area contributed by atoms with E-state index in [2.05, 4.69) is 31.2 Å². The van der Waals surface area contributed by atoms with Crippen molar-refractivity contribution >= 4 is 33.7 Å². The number of benzene rings is 1. The normalized spacial score (nSPS) is 13.5. The van der Waals surface area contributed by atoms with Gasteiger partial charge < -0.3 is 14.5 Å². The summed E-state index contributed by atoms with van der Waals surface area (Å²) in [4.78, 5) is 24.5. The van der Waals surface area contributed by atoms with Crippen LogP contribution >= 0.6 is 15.9 Å². The zero-order valence-electron chi connectivity index (χ0n) is 13.5. The number of ether oxygens (including phenoxy) is 1. The molecule has 0 atom stereocenters. The molecule has 1 aliphatic heterocycles. The molecule has 24 heavy (non-hydrogen) atoms. The van der Waals surface area contributed by atoms with Gasteiger partial charge in [-0.15, -0.1) is 0 Å². The summed E-state index contributed by atoms with van der Waals surface area (Å²) in [5.41, 5.74) is 0.966. The van der Waals surface area contributed by atoms with Gasteiger partial charge in [0, 0.05) is 30.3 Å². The monoisotopic (exact) mass is 391 g/mol. The standard InChI is InChI=1S/C16H18BrN5O2/c1-21(2)14-5-6-18-15(19-14)20-16(23)22-7-8-24-13-9-12(17)4-3-11(13)10-22/h3-6,9H,7-8,10H2,1-2H3,(H,18,19,20,23). The lowest BCUT2D eigenvalue weighted by atomic mass is 10.2. The van der Waals surface area contributed by atoms with Gasteiger partial charge in [0.1, 0.15) is 18.2 Å². The molecule has 2 amide bonds. The quantitative estimate of drug-likeness (QED) is 0.851. The summed E-state index contributed by atoms with van der Waals surface area (Å²) in [5, 5.41) is 2.75. The van der Waals surface area contributed by atoms with Crippen LogP contribution in [0.3, 0.4) is 0 Å². The fourth-order valence-electron chi connectivity index (χ4n) is 2.35. The molecule has 1 aromatic carbocycles. The number of urea groups is 1. The Bertz CT molecular complexity index is 753. The summed E-state index contributed by atoms with van der Waals surface area (Å²) < 4.78 is 6.67. The minimum Gasteiger partial charge on any atom is -0.491 e. The highest BCUT2D eigenvalue weighted by atomic mass is 79.9. The summed E-state index contributed by atoms with van der Waals surface area (Å²) in [5.74, 6) is 1.81. The maximum Gasteiger partial charge on any atom is 0.324 e. The second kappa shape index (κ2) is 7.04. The number of rotatable bonds is 2.